The molecule has 7 heteroatoms. The summed E-state index contributed by atoms with van der Waals surface area (Å²) in [6.45, 7) is 10.0. The Bertz CT molecular complexity index is 1030. The second-order valence-corrected chi connectivity index (χ2v) is 5.90. The van der Waals surface area contributed by atoms with Crippen LogP contribution in [0.2, 0.25) is 0 Å². The van der Waals surface area contributed by atoms with Gasteiger partial charge in [-0.2, -0.15) is 4.98 Å². The van der Waals surface area contributed by atoms with Crippen molar-refractivity contribution in [2.75, 3.05) is 0 Å². The fourth-order valence-corrected chi connectivity index (χ4v) is 3.04. The average molecular weight is 315 g/mol. The summed E-state index contributed by atoms with van der Waals surface area (Å²) in [5.41, 5.74) is 1.15. The first-order chi connectivity index (χ1) is 10.9. The van der Waals surface area contributed by atoms with Crippen molar-refractivity contribution in [2.24, 2.45) is 7.05 Å². The van der Waals surface area contributed by atoms with Gasteiger partial charge in [0.05, 0.1) is 0 Å². The lowest BCUT2D eigenvalue weighted by molar-refractivity contribution is 0.532. The van der Waals surface area contributed by atoms with Crippen molar-refractivity contribution < 1.29 is 0 Å². The summed E-state index contributed by atoms with van der Waals surface area (Å²) in [7, 11) is 1.64. The van der Waals surface area contributed by atoms with Crippen LogP contribution >= 0.6 is 0 Å². The molecule has 0 aliphatic rings. The van der Waals surface area contributed by atoms with Crippen LogP contribution in [0.3, 0.4) is 0 Å². The largest absolute Gasteiger partial charge is 0.332 e. The van der Waals surface area contributed by atoms with E-state index in [2.05, 4.69) is 30.0 Å². The zero-order valence-corrected chi connectivity index (χ0v) is 13.9. The van der Waals surface area contributed by atoms with Crippen LogP contribution in [0.5, 0.6) is 0 Å². The van der Waals surface area contributed by atoms with Crippen LogP contribution in [-0.4, -0.2) is 23.1 Å². The lowest BCUT2D eigenvalue weighted by Crippen LogP contribution is -2.39. The summed E-state index contributed by atoms with van der Waals surface area (Å²) in [5.74, 6) is 0.690. The van der Waals surface area contributed by atoms with Crippen LogP contribution in [-0.2, 0) is 13.6 Å². The summed E-state index contributed by atoms with van der Waals surface area (Å²) < 4.78 is 6.49. The first kappa shape index (κ1) is 15.3. The van der Waals surface area contributed by atoms with E-state index in [1.165, 1.54) is 9.13 Å². The molecule has 0 saturated heterocycles. The maximum atomic E-state index is 12.8. The number of fused-ring (bicyclic) bond motifs is 3. The highest BCUT2D eigenvalue weighted by Crippen LogP contribution is 2.21. The molecule has 0 N–H and O–H groups in total. The molecule has 23 heavy (non-hydrogen) atoms. The smallest absolute Gasteiger partial charge is 0.311 e. The van der Waals surface area contributed by atoms with Crippen molar-refractivity contribution in [2.45, 2.75) is 39.8 Å². The maximum Gasteiger partial charge on any atom is 0.332 e. The number of hydrogen-bond donors (Lipinski definition) is 0. The number of imidazole rings is 2. The molecule has 0 aliphatic heterocycles. The summed E-state index contributed by atoms with van der Waals surface area (Å²) in [5, 5.41) is 0. The highest BCUT2D eigenvalue weighted by molar-refractivity contribution is 5.75. The number of nitrogens with zero attached hydrogens (tertiary/aromatic N) is 5. The summed E-state index contributed by atoms with van der Waals surface area (Å²) in [6.07, 6.45) is 4.40. The minimum Gasteiger partial charge on any atom is -0.311 e. The van der Waals surface area contributed by atoms with Crippen LogP contribution in [0.4, 0.5) is 0 Å². The lowest BCUT2D eigenvalue weighted by Gasteiger charge is -2.12. The summed E-state index contributed by atoms with van der Waals surface area (Å²) >= 11 is 0. The molecular formula is C16H21N5O2. The van der Waals surface area contributed by atoms with Crippen LogP contribution in [0.25, 0.3) is 16.9 Å². The van der Waals surface area contributed by atoms with E-state index in [-0.39, 0.29) is 23.8 Å². The quantitative estimate of drug-likeness (QED) is 0.687. The molecule has 0 aliphatic carbocycles. The Morgan fingerprint density at radius 2 is 2.09 bits per heavy atom. The molecule has 7 nitrogen and oxygen atoms in total. The van der Waals surface area contributed by atoms with Crippen molar-refractivity contribution in [3.05, 3.63) is 45.4 Å². The number of hydrogen-bond acceptors (Lipinski definition) is 3. The number of aromatic nitrogens is 5. The fraction of sp³-hybridized carbons (Fsp3) is 0.438. The van der Waals surface area contributed by atoms with Crippen molar-refractivity contribution in [1.82, 2.24) is 23.1 Å². The number of allylic oxidation sites excluding steroid dienone is 1. The Morgan fingerprint density at radius 3 is 2.70 bits per heavy atom. The first-order valence-electron chi connectivity index (χ1n) is 7.72. The summed E-state index contributed by atoms with van der Waals surface area (Å²) in [4.78, 5) is 29.7. The predicted octanol–water partition coefficient (Wildman–Crippen LogP) is 1.61. The number of rotatable bonds is 4. The van der Waals surface area contributed by atoms with Gasteiger partial charge in [-0.15, -0.1) is 6.58 Å². The van der Waals surface area contributed by atoms with E-state index in [1.807, 2.05) is 13.1 Å². The fourth-order valence-electron chi connectivity index (χ4n) is 3.04. The zero-order chi connectivity index (χ0) is 16.9. The highest BCUT2D eigenvalue weighted by Gasteiger charge is 2.21. The van der Waals surface area contributed by atoms with Crippen LogP contribution in [0, 0.1) is 6.92 Å². The second-order valence-electron chi connectivity index (χ2n) is 5.90. The van der Waals surface area contributed by atoms with Gasteiger partial charge < -0.3 is 4.57 Å². The second kappa shape index (κ2) is 5.26. The van der Waals surface area contributed by atoms with Gasteiger partial charge in [-0.05, 0) is 20.3 Å². The molecule has 1 atom stereocenters. The Balaban J connectivity index is 2.52. The normalized spacial score (nSPS) is 13.0. The molecule has 0 unspecified atom stereocenters. The molecule has 3 rings (SSSR count). The molecule has 0 aromatic carbocycles. The van der Waals surface area contributed by atoms with Gasteiger partial charge in [-0.3, -0.25) is 18.3 Å². The van der Waals surface area contributed by atoms with Gasteiger partial charge in [0.15, 0.2) is 11.2 Å². The SMILES string of the molecule is C=CCn1c(=O)c2c(nc3n([C@H](C)CC)c(C)cn23)n(C)c1=O. The monoisotopic (exact) mass is 315 g/mol. The topological polar surface area (TPSA) is 66.2 Å². The minimum atomic E-state index is -0.380. The Kier molecular flexibility index (Phi) is 3.50. The van der Waals surface area contributed by atoms with E-state index in [0.29, 0.717) is 16.9 Å². The molecule has 0 radical (unpaired) electrons. The third-order valence-electron chi connectivity index (χ3n) is 4.41. The first-order valence-corrected chi connectivity index (χ1v) is 7.72. The predicted molar refractivity (Wildman–Crippen MR) is 90.1 cm³/mol. The van der Waals surface area contributed by atoms with E-state index in [9.17, 15) is 9.59 Å². The van der Waals surface area contributed by atoms with E-state index >= 15 is 0 Å². The Morgan fingerprint density at radius 1 is 1.39 bits per heavy atom. The molecule has 0 saturated carbocycles. The molecule has 0 spiro atoms. The van der Waals surface area contributed by atoms with Crippen molar-refractivity contribution in [1.29, 1.82) is 0 Å². The van der Waals surface area contributed by atoms with Crippen LogP contribution in [0.1, 0.15) is 32.0 Å². The molecule has 3 aromatic rings. The van der Waals surface area contributed by atoms with Gasteiger partial charge >= 0.3 is 5.69 Å². The van der Waals surface area contributed by atoms with Gasteiger partial charge in [-0.25, -0.2) is 4.79 Å². The standard InChI is InChI=1S/C16H21N5O2/c1-6-8-19-14(22)12-13(18(5)16(19)23)17-15-20(12)9-11(4)21(15)10(3)7-2/h6,9-10H,1,7-8H2,2-5H3/t10-/m1/s1. The van der Waals surface area contributed by atoms with Crippen LogP contribution < -0.4 is 11.2 Å². The van der Waals surface area contributed by atoms with Crippen molar-refractivity contribution >= 4 is 16.9 Å². The number of aryl methyl sites for hydroxylation is 2. The Hall–Kier alpha value is -2.57. The van der Waals surface area contributed by atoms with Crippen molar-refractivity contribution in [3.8, 4) is 0 Å². The van der Waals surface area contributed by atoms with Crippen molar-refractivity contribution in [3.63, 3.8) is 0 Å². The van der Waals surface area contributed by atoms with E-state index < -0.39 is 0 Å². The van der Waals surface area contributed by atoms with Gasteiger partial charge in [0.2, 0.25) is 5.78 Å². The molecular weight excluding hydrogens is 294 g/mol. The molecule has 0 bridgehead atoms. The van der Waals surface area contributed by atoms with Gasteiger partial charge in [-0.1, -0.05) is 13.0 Å². The zero-order valence-electron chi connectivity index (χ0n) is 13.9. The molecule has 0 amide bonds. The third kappa shape index (κ3) is 1.99. The van der Waals surface area contributed by atoms with E-state index in [0.717, 1.165) is 12.1 Å². The molecule has 3 heterocycles. The van der Waals surface area contributed by atoms with Gasteiger partial charge in [0, 0.05) is 31.5 Å². The molecule has 122 valence electrons. The van der Waals surface area contributed by atoms with Gasteiger partial charge in [0.1, 0.15) is 0 Å². The van der Waals surface area contributed by atoms with Crippen LogP contribution in [0.15, 0.2) is 28.4 Å². The van der Waals surface area contributed by atoms with E-state index in [4.69, 9.17) is 0 Å². The minimum absolute atomic E-state index is 0.180. The average Bonchev–Trinajstić information content (AvgIpc) is 3.03. The highest BCUT2D eigenvalue weighted by atomic mass is 16.2. The molecule has 3 aromatic heterocycles. The third-order valence-corrected chi connectivity index (χ3v) is 4.41. The summed E-state index contributed by atoms with van der Waals surface area (Å²) in [6, 6.07) is 0.261. The maximum absolute atomic E-state index is 12.8. The van der Waals surface area contributed by atoms with E-state index in [1.54, 1.807) is 17.5 Å². The van der Waals surface area contributed by atoms with Gasteiger partial charge in [0.25, 0.3) is 5.56 Å². The molecule has 0 fully saturated rings. The lowest BCUT2D eigenvalue weighted by atomic mass is 10.2. The Labute approximate surface area is 133 Å².